The molecule has 0 spiro atoms. The van der Waals surface area contributed by atoms with Crippen molar-refractivity contribution in [2.75, 3.05) is 11.4 Å². The Morgan fingerprint density at radius 1 is 1.20 bits per heavy atom. The van der Waals surface area contributed by atoms with Gasteiger partial charge in [0.15, 0.2) is 6.10 Å². The van der Waals surface area contributed by atoms with Crippen LogP contribution in [0.25, 0.3) is 0 Å². The van der Waals surface area contributed by atoms with Gasteiger partial charge in [-0.05, 0) is 36.2 Å². The Morgan fingerprint density at radius 3 is 2.80 bits per heavy atom. The van der Waals surface area contributed by atoms with Crippen molar-refractivity contribution in [3.05, 3.63) is 59.4 Å². The number of carboxylic acid groups (broad SMARTS) is 1. The molecular weight excluding hydrogens is 325 g/mol. The van der Waals surface area contributed by atoms with Gasteiger partial charge in [0.05, 0.1) is 5.92 Å². The molecule has 1 amide bonds. The highest BCUT2D eigenvalue weighted by Crippen LogP contribution is 2.37. The summed E-state index contributed by atoms with van der Waals surface area (Å²) in [6, 6.07) is 11.3. The Morgan fingerprint density at radius 2 is 2.00 bits per heavy atom. The summed E-state index contributed by atoms with van der Waals surface area (Å²) in [5.74, 6) is -1.57. The zero-order chi connectivity index (χ0) is 17.6. The van der Waals surface area contributed by atoms with Crippen LogP contribution in [-0.4, -0.2) is 29.6 Å². The van der Waals surface area contributed by atoms with Gasteiger partial charge in [-0.25, -0.2) is 4.39 Å². The number of benzene rings is 2. The van der Waals surface area contributed by atoms with Crippen molar-refractivity contribution in [2.45, 2.75) is 24.9 Å². The van der Waals surface area contributed by atoms with Crippen molar-refractivity contribution in [1.82, 2.24) is 0 Å². The van der Waals surface area contributed by atoms with E-state index in [0.29, 0.717) is 42.0 Å². The smallest absolute Gasteiger partial charge is 0.311 e. The molecule has 128 valence electrons. The van der Waals surface area contributed by atoms with E-state index in [1.54, 1.807) is 29.2 Å². The van der Waals surface area contributed by atoms with E-state index < -0.39 is 18.0 Å². The van der Waals surface area contributed by atoms with Crippen LogP contribution in [0.2, 0.25) is 0 Å². The first-order valence-corrected chi connectivity index (χ1v) is 8.13. The largest absolute Gasteiger partial charge is 0.481 e. The van der Waals surface area contributed by atoms with Crippen LogP contribution in [-0.2, 0) is 16.0 Å². The lowest BCUT2D eigenvalue weighted by atomic mass is 9.89. The molecule has 2 aromatic carbocycles. The van der Waals surface area contributed by atoms with Crippen LogP contribution in [0.5, 0.6) is 5.75 Å². The number of nitrogens with zero attached hydrogens (tertiary/aromatic N) is 1. The standard InChI is InChI=1S/C19H16FNO4/c20-12-5-6-16-11(9-12)10-17(25-16)18(22)21-8-7-14(19(23)24)13-3-1-2-4-15(13)21/h1-6,9,14,17H,7-8,10H2,(H,23,24). The summed E-state index contributed by atoms with van der Waals surface area (Å²) in [4.78, 5) is 26.0. The molecule has 0 fully saturated rings. The lowest BCUT2D eigenvalue weighted by Crippen LogP contribution is -2.45. The summed E-state index contributed by atoms with van der Waals surface area (Å²) in [5, 5.41) is 9.40. The number of fused-ring (bicyclic) bond motifs is 2. The number of hydrogen-bond donors (Lipinski definition) is 1. The van der Waals surface area contributed by atoms with E-state index in [4.69, 9.17) is 4.74 Å². The molecule has 0 aromatic heterocycles. The zero-order valence-corrected chi connectivity index (χ0v) is 13.3. The maximum atomic E-state index is 13.4. The average Bonchev–Trinajstić information content (AvgIpc) is 3.03. The average molecular weight is 341 g/mol. The van der Waals surface area contributed by atoms with E-state index in [-0.39, 0.29) is 11.7 Å². The fourth-order valence-electron chi connectivity index (χ4n) is 3.58. The Labute approximate surface area is 143 Å². The molecule has 0 aliphatic carbocycles. The SMILES string of the molecule is O=C(O)C1CCN(C(=O)C2Cc3cc(F)ccc3O2)c2ccccc21. The number of aliphatic carboxylic acids is 1. The van der Waals surface area contributed by atoms with Crippen LogP contribution in [0.15, 0.2) is 42.5 Å². The van der Waals surface area contributed by atoms with Gasteiger partial charge >= 0.3 is 5.97 Å². The van der Waals surface area contributed by atoms with Crippen molar-refractivity contribution in [2.24, 2.45) is 0 Å². The van der Waals surface area contributed by atoms with Crippen LogP contribution in [0.3, 0.4) is 0 Å². The number of carboxylic acids is 1. The van der Waals surface area contributed by atoms with E-state index in [9.17, 15) is 19.1 Å². The van der Waals surface area contributed by atoms with Crippen LogP contribution in [0.4, 0.5) is 10.1 Å². The van der Waals surface area contributed by atoms with Crippen LogP contribution in [0.1, 0.15) is 23.5 Å². The number of hydrogen-bond acceptors (Lipinski definition) is 3. The summed E-state index contributed by atoms with van der Waals surface area (Å²) in [6.07, 6.45) is -0.0504. The van der Waals surface area contributed by atoms with Gasteiger partial charge in [-0.15, -0.1) is 0 Å². The van der Waals surface area contributed by atoms with Gasteiger partial charge in [-0.2, -0.15) is 0 Å². The lowest BCUT2D eigenvalue weighted by molar-refractivity contribution is -0.139. The topological polar surface area (TPSA) is 66.8 Å². The second kappa shape index (κ2) is 5.88. The third-order valence-corrected chi connectivity index (χ3v) is 4.78. The van der Waals surface area contributed by atoms with Gasteiger partial charge in [0.25, 0.3) is 5.91 Å². The van der Waals surface area contributed by atoms with E-state index in [2.05, 4.69) is 0 Å². The monoisotopic (exact) mass is 341 g/mol. The molecule has 0 radical (unpaired) electrons. The highest BCUT2D eigenvalue weighted by Gasteiger charge is 2.38. The fourth-order valence-corrected chi connectivity index (χ4v) is 3.58. The zero-order valence-electron chi connectivity index (χ0n) is 13.3. The number of carbonyl (C=O) groups excluding carboxylic acids is 1. The summed E-state index contributed by atoms with van der Waals surface area (Å²) in [7, 11) is 0. The van der Waals surface area contributed by atoms with Crippen molar-refractivity contribution in [3.8, 4) is 5.75 Å². The summed E-state index contributed by atoms with van der Waals surface area (Å²) in [6.45, 7) is 0.317. The van der Waals surface area contributed by atoms with E-state index >= 15 is 0 Å². The molecule has 2 heterocycles. The Balaban J connectivity index is 1.61. The maximum absolute atomic E-state index is 13.4. The molecule has 4 rings (SSSR count). The molecule has 5 nitrogen and oxygen atoms in total. The molecule has 0 saturated carbocycles. The molecule has 2 atom stereocenters. The number of para-hydroxylation sites is 1. The molecular formula is C19H16FNO4. The molecule has 2 unspecified atom stereocenters. The summed E-state index contributed by atoms with van der Waals surface area (Å²) >= 11 is 0. The Kier molecular flexibility index (Phi) is 3.67. The molecule has 25 heavy (non-hydrogen) atoms. The first-order chi connectivity index (χ1) is 12.0. The van der Waals surface area contributed by atoms with E-state index in [1.165, 1.54) is 18.2 Å². The second-order valence-electron chi connectivity index (χ2n) is 6.29. The van der Waals surface area contributed by atoms with Crippen molar-refractivity contribution in [3.63, 3.8) is 0 Å². The van der Waals surface area contributed by atoms with Crippen LogP contribution < -0.4 is 9.64 Å². The predicted octanol–water partition coefficient (Wildman–Crippen LogP) is 2.73. The molecule has 2 aliphatic rings. The number of halogens is 1. The van der Waals surface area contributed by atoms with E-state index in [1.807, 2.05) is 0 Å². The van der Waals surface area contributed by atoms with Gasteiger partial charge < -0.3 is 14.7 Å². The second-order valence-corrected chi connectivity index (χ2v) is 6.29. The van der Waals surface area contributed by atoms with Gasteiger partial charge in [0.2, 0.25) is 0 Å². The molecule has 2 aromatic rings. The van der Waals surface area contributed by atoms with Crippen molar-refractivity contribution >= 4 is 17.6 Å². The highest BCUT2D eigenvalue weighted by molar-refractivity contribution is 5.99. The third-order valence-electron chi connectivity index (χ3n) is 4.78. The lowest BCUT2D eigenvalue weighted by Gasteiger charge is -2.33. The Hall–Kier alpha value is -2.89. The molecule has 2 aliphatic heterocycles. The number of amides is 1. The first-order valence-electron chi connectivity index (χ1n) is 8.13. The molecule has 0 saturated heterocycles. The minimum Gasteiger partial charge on any atom is -0.481 e. The van der Waals surface area contributed by atoms with E-state index in [0.717, 1.165) is 0 Å². The summed E-state index contributed by atoms with van der Waals surface area (Å²) < 4.78 is 19.0. The quantitative estimate of drug-likeness (QED) is 0.912. The number of ether oxygens (including phenoxy) is 1. The number of rotatable bonds is 2. The Bertz CT molecular complexity index is 866. The van der Waals surface area contributed by atoms with Crippen molar-refractivity contribution < 1.29 is 23.8 Å². The normalized spacial score (nSPS) is 21.2. The van der Waals surface area contributed by atoms with Crippen LogP contribution >= 0.6 is 0 Å². The van der Waals surface area contributed by atoms with Crippen molar-refractivity contribution in [1.29, 1.82) is 0 Å². The van der Waals surface area contributed by atoms with Gasteiger partial charge in [0, 0.05) is 24.2 Å². The fraction of sp³-hybridized carbons (Fsp3) is 0.263. The molecule has 1 N–H and O–H groups in total. The van der Waals surface area contributed by atoms with Gasteiger partial charge in [-0.1, -0.05) is 18.2 Å². The van der Waals surface area contributed by atoms with Gasteiger partial charge in [0.1, 0.15) is 11.6 Å². The number of carbonyl (C=O) groups is 2. The first kappa shape index (κ1) is 15.6. The molecule has 6 heteroatoms. The minimum atomic E-state index is -0.889. The molecule has 0 bridgehead atoms. The highest BCUT2D eigenvalue weighted by atomic mass is 19.1. The predicted molar refractivity (Wildman–Crippen MR) is 88.3 cm³/mol. The third kappa shape index (κ3) is 2.63. The summed E-state index contributed by atoms with van der Waals surface area (Å²) in [5.41, 5.74) is 1.92. The number of anilines is 1. The van der Waals surface area contributed by atoms with Gasteiger partial charge in [-0.3, -0.25) is 9.59 Å². The van der Waals surface area contributed by atoms with Crippen LogP contribution in [0, 0.1) is 5.82 Å². The minimum absolute atomic E-state index is 0.229. The maximum Gasteiger partial charge on any atom is 0.311 e.